The van der Waals surface area contributed by atoms with Crippen LogP contribution in [0.4, 0.5) is 0 Å². The van der Waals surface area contributed by atoms with Crippen LogP contribution in [0.5, 0.6) is 0 Å². The van der Waals surface area contributed by atoms with Gasteiger partial charge in [-0.25, -0.2) is 0 Å². The molecule has 0 saturated carbocycles. The van der Waals surface area contributed by atoms with Crippen molar-refractivity contribution in [1.82, 2.24) is 9.55 Å². The first-order valence-electron chi connectivity index (χ1n) is 6.62. The fourth-order valence-corrected chi connectivity index (χ4v) is 3.85. The number of rotatable bonds is 1. The molecule has 0 amide bonds. The maximum atomic E-state index is 12.6. The molecule has 3 nitrogen and oxygen atoms in total. The molecule has 0 saturated heterocycles. The number of benzene rings is 1. The van der Waals surface area contributed by atoms with E-state index in [0.717, 1.165) is 16.4 Å². The molecule has 2 aromatic rings. The van der Waals surface area contributed by atoms with Crippen molar-refractivity contribution in [3.8, 4) is 0 Å². The molecule has 102 valence electrons. The van der Waals surface area contributed by atoms with Gasteiger partial charge < -0.3 is 4.57 Å². The molecule has 1 heterocycles. The smallest absolute Gasteiger partial charge is 0.267 e. The molecule has 0 fully saturated rings. The second-order valence-electron chi connectivity index (χ2n) is 6.69. The van der Waals surface area contributed by atoms with Crippen LogP contribution in [-0.2, 0) is 7.05 Å². The SMILES string of the molecule is Cn1c(=O)c([Si](C)(C)C(C)(C)C)nc2ccccc21. The highest BCUT2D eigenvalue weighted by atomic mass is 28.3. The van der Waals surface area contributed by atoms with E-state index in [1.165, 1.54) is 0 Å². The molecule has 0 aliphatic heterocycles. The lowest BCUT2D eigenvalue weighted by Crippen LogP contribution is -2.59. The fourth-order valence-electron chi connectivity index (χ4n) is 2.04. The molecule has 19 heavy (non-hydrogen) atoms. The predicted molar refractivity (Wildman–Crippen MR) is 83.8 cm³/mol. The minimum absolute atomic E-state index is 0.0605. The molecule has 0 unspecified atom stereocenters. The van der Waals surface area contributed by atoms with Gasteiger partial charge in [-0.2, -0.15) is 0 Å². The maximum Gasteiger partial charge on any atom is 0.267 e. The summed E-state index contributed by atoms with van der Waals surface area (Å²) in [6.07, 6.45) is 0. The Morgan fingerprint density at radius 1 is 1.16 bits per heavy atom. The summed E-state index contributed by atoms with van der Waals surface area (Å²) < 4.78 is 1.73. The number of hydrogen-bond acceptors (Lipinski definition) is 2. The van der Waals surface area contributed by atoms with E-state index in [1.54, 1.807) is 4.57 Å². The fraction of sp³-hybridized carbons (Fsp3) is 0.467. The topological polar surface area (TPSA) is 34.9 Å². The van der Waals surface area contributed by atoms with E-state index in [4.69, 9.17) is 4.98 Å². The molecular formula is C15H22N2OSi. The zero-order valence-corrected chi connectivity index (χ0v) is 13.6. The maximum absolute atomic E-state index is 12.6. The van der Waals surface area contributed by atoms with Crippen molar-refractivity contribution >= 4 is 24.4 Å². The lowest BCUT2D eigenvalue weighted by Gasteiger charge is -2.35. The molecule has 2 rings (SSSR count). The van der Waals surface area contributed by atoms with Crippen LogP contribution in [0.2, 0.25) is 18.1 Å². The van der Waals surface area contributed by atoms with E-state index >= 15 is 0 Å². The van der Waals surface area contributed by atoms with E-state index in [-0.39, 0.29) is 10.6 Å². The number of fused-ring (bicyclic) bond motifs is 1. The summed E-state index contributed by atoms with van der Waals surface area (Å²) >= 11 is 0. The second-order valence-corrected chi connectivity index (χ2v) is 11.9. The minimum Gasteiger partial charge on any atom is -0.309 e. The van der Waals surface area contributed by atoms with Crippen molar-refractivity contribution in [2.24, 2.45) is 7.05 Å². The van der Waals surface area contributed by atoms with E-state index in [9.17, 15) is 4.79 Å². The molecule has 0 atom stereocenters. The van der Waals surface area contributed by atoms with Crippen molar-refractivity contribution in [2.75, 3.05) is 0 Å². The Morgan fingerprint density at radius 2 is 1.74 bits per heavy atom. The summed E-state index contributed by atoms with van der Waals surface area (Å²) in [5, 5.41) is 0.885. The Hall–Kier alpha value is -1.42. The third-order valence-electron chi connectivity index (χ3n) is 4.45. The monoisotopic (exact) mass is 274 g/mol. The zero-order valence-electron chi connectivity index (χ0n) is 12.6. The van der Waals surface area contributed by atoms with E-state index in [0.29, 0.717) is 0 Å². The average Bonchev–Trinajstić information content (AvgIpc) is 2.32. The molecule has 0 bridgehead atoms. The highest BCUT2D eigenvalue weighted by Crippen LogP contribution is 2.34. The van der Waals surface area contributed by atoms with Crippen LogP contribution in [0.3, 0.4) is 0 Å². The minimum atomic E-state index is -1.92. The summed E-state index contributed by atoms with van der Waals surface area (Å²) in [7, 11) is -0.0823. The number of nitrogens with zero attached hydrogens (tertiary/aromatic N) is 2. The van der Waals surface area contributed by atoms with E-state index in [2.05, 4.69) is 33.9 Å². The molecule has 0 aliphatic rings. The number of para-hydroxylation sites is 2. The third kappa shape index (κ3) is 2.14. The Bertz CT molecular complexity index is 681. The summed E-state index contributed by atoms with van der Waals surface area (Å²) in [5.74, 6) is 0. The van der Waals surface area contributed by atoms with Crippen LogP contribution in [0.15, 0.2) is 29.1 Å². The van der Waals surface area contributed by atoms with Gasteiger partial charge in [0.25, 0.3) is 5.56 Å². The van der Waals surface area contributed by atoms with Crippen LogP contribution in [0.25, 0.3) is 11.0 Å². The highest BCUT2D eigenvalue weighted by molar-refractivity contribution is 6.91. The van der Waals surface area contributed by atoms with E-state index < -0.39 is 8.07 Å². The summed E-state index contributed by atoms with van der Waals surface area (Å²) in [5.41, 5.74) is 1.87. The summed E-state index contributed by atoms with van der Waals surface area (Å²) in [6, 6.07) is 7.83. The van der Waals surface area contributed by atoms with Crippen molar-refractivity contribution < 1.29 is 0 Å². The lowest BCUT2D eigenvalue weighted by molar-refractivity contribution is 0.726. The van der Waals surface area contributed by atoms with Crippen LogP contribution in [0.1, 0.15) is 20.8 Å². The molecule has 0 spiro atoms. The quantitative estimate of drug-likeness (QED) is 0.749. The van der Waals surface area contributed by atoms with Gasteiger partial charge >= 0.3 is 0 Å². The Morgan fingerprint density at radius 3 is 2.32 bits per heavy atom. The number of hydrogen-bond donors (Lipinski definition) is 0. The van der Waals surface area contributed by atoms with Gasteiger partial charge in [0.05, 0.1) is 16.4 Å². The molecule has 0 aliphatic carbocycles. The van der Waals surface area contributed by atoms with Gasteiger partial charge in [-0.3, -0.25) is 9.78 Å². The largest absolute Gasteiger partial charge is 0.309 e. The van der Waals surface area contributed by atoms with Crippen LogP contribution < -0.4 is 10.9 Å². The first kappa shape index (κ1) is 14.0. The van der Waals surface area contributed by atoms with Gasteiger partial charge in [0.2, 0.25) is 0 Å². The van der Waals surface area contributed by atoms with Gasteiger partial charge in [0.15, 0.2) is 0 Å². The Kier molecular flexibility index (Phi) is 3.17. The van der Waals surface area contributed by atoms with Crippen LogP contribution in [0, 0.1) is 0 Å². The van der Waals surface area contributed by atoms with Gasteiger partial charge in [-0.05, 0) is 17.2 Å². The van der Waals surface area contributed by atoms with Gasteiger partial charge in [0, 0.05) is 7.05 Å². The van der Waals surface area contributed by atoms with Crippen LogP contribution in [-0.4, -0.2) is 17.6 Å². The van der Waals surface area contributed by atoms with Gasteiger partial charge in [0.1, 0.15) is 8.07 Å². The first-order chi connectivity index (χ1) is 8.66. The van der Waals surface area contributed by atoms with Crippen molar-refractivity contribution in [1.29, 1.82) is 0 Å². The van der Waals surface area contributed by atoms with Crippen molar-refractivity contribution in [3.05, 3.63) is 34.6 Å². The third-order valence-corrected chi connectivity index (χ3v) is 9.71. The van der Waals surface area contributed by atoms with Gasteiger partial charge in [-0.1, -0.05) is 46.0 Å². The molecule has 1 aromatic carbocycles. The van der Waals surface area contributed by atoms with Crippen molar-refractivity contribution in [3.63, 3.8) is 0 Å². The standard InChI is InChI=1S/C15H22N2OSi/c1-15(2,3)19(5,6)13-14(18)17(4)12-10-8-7-9-11(12)16-13/h7-10H,1-6H3. The molecule has 0 radical (unpaired) electrons. The normalized spacial score (nSPS) is 12.9. The second kappa shape index (κ2) is 4.30. The Balaban J connectivity index is 2.83. The lowest BCUT2D eigenvalue weighted by atomic mass is 10.2. The molecule has 0 N–H and O–H groups in total. The van der Waals surface area contributed by atoms with Crippen LogP contribution >= 0.6 is 0 Å². The van der Waals surface area contributed by atoms with Gasteiger partial charge in [-0.15, -0.1) is 0 Å². The average molecular weight is 274 g/mol. The Labute approximate surface area is 115 Å². The zero-order chi connectivity index (χ0) is 14.4. The summed E-state index contributed by atoms with van der Waals surface area (Å²) in [4.78, 5) is 17.3. The molecule has 4 heteroatoms. The van der Waals surface area contributed by atoms with E-state index in [1.807, 2.05) is 31.3 Å². The van der Waals surface area contributed by atoms with Crippen molar-refractivity contribution in [2.45, 2.75) is 38.9 Å². The number of aromatic nitrogens is 2. The molecular weight excluding hydrogens is 252 g/mol. The number of aryl methyl sites for hydroxylation is 1. The molecule has 1 aromatic heterocycles. The first-order valence-corrected chi connectivity index (χ1v) is 9.62. The predicted octanol–water partition coefficient (Wildman–Crippen LogP) is 2.65. The summed E-state index contributed by atoms with van der Waals surface area (Å²) in [6.45, 7) is 11.1. The highest BCUT2D eigenvalue weighted by Gasteiger charge is 2.40.